The van der Waals surface area contributed by atoms with E-state index in [4.69, 9.17) is 0 Å². The van der Waals surface area contributed by atoms with Crippen LogP contribution in [0.3, 0.4) is 0 Å². The van der Waals surface area contributed by atoms with E-state index in [0.717, 1.165) is 18.8 Å². The lowest BCUT2D eigenvalue weighted by Gasteiger charge is -2.27. The highest BCUT2D eigenvalue weighted by Gasteiger charge is 2.33. The molecule has 0 unspecified atom stereocenters. The Kier molecular flexibility index (Phi) is 4.52. The zero-order valence-corrected chi connectivity index (χ0v) is 15.0. The monoisotopic (exact) mass is 373 g/mol. The minimum absolute atomic E-state index is 0.127. The van der Waals surface area contributed by atoms with Gasteiger partial charge in [0.2, 0.25) is 10.0 Å². The van der Waals surface area contributed by atoms with Gasteiger partial charge in [0, 0.05) is 25.3 Å². The Morgan fingerprint density at radius 1 is 1.00 bits per heavy atom. The molecule has 2 aromatic rings. The molecule has 0 saturated carbocycles. The molecule has 0 bridgehead atoms. The summed E-state index contributed by atoms with van der Waals surface area (Å²) in [6.07, 6.45) is 0.702. The molecule has 2 aromatic carbocycles. The fourth-order valence-electron chi connectivity index (χ4n) is 3.39. The molecule has 0 radical (unpaired) electrons. The Balaban J connectivity index is 1.45. The average molecular weight is 373 g/mol. The molecular weight excluding hydrogens is 353 g/mol. The van der Waals surface area contributed by atoms with E-state index in [1.807, 2.05) is 18.2 Å². The van der Waals surface area contributed by atoms with Gasteiger partial charge in [-0.1, -0.05) is 30.3 Å². The molecule has 4 rings (SSSR count). The molecule has 1 N–H and O–H groups in total. The zero-order chi connectivity index (χ0) is 18.1. The van der Waals surface area contributed by atoms with Crippen molar-refractivity contribution in [3.05, 3.63) is 77.2 Å². The number of hydrazine groups is 1. The summed E-state index contributed by atoms with van der Waals surface area (Å²) in [5, 5.41) is 2.11. The van der Waals surface area contributed by atoms with Crippen LogP contribution >= 0.6 is 0 Å². The second-order valence-electron chi connectivity index (χ2n) is 6.58. The number of halogens is 1. The summed E-state index contributed by atoms with van der Waals surface area (Å²) in [6.45, 7) is 2.33. The maximum atomic E-state index is 13.1. The van der Waals surface area contributed by atoms with Crippen LogP contribution in [0.5, 0.6) is 0 Å². The maximum Gasteiger partial charge on any atom is 0.243 e. The standard InChI is InChI=1S/C19H20FN3O2S/c20-17-6-8-18(9-7-17)26(24,25)23-11-10-16-13-22(21-19(16)14-23)12-15-4-2-1-3-5-15/h1-9,21H,10-14H2. The van der Waals surface area contributed by atoms with Gasteiger partial charge in [-0.2, -0.15) is 4.31 Å². The molecule has 5 nitrogen and oxygen atoms in total. The second-order valence-corrected chi connectivity index (χ2v) is 8.52. The highest BCUT2D eigenvalue weighted by Crippen LogP contribution is 2.27. The van der Waals surface area contributed by atoms with Crippen molar-refractivity contribution in [1.29, 1.82) is 0 Å². The smallest absolute Gasteiger partial charge is 0.243 e. The Morgan fingerprint density at radius 3 is 2.46 bits per heavy atom. The van der Waals surface area contributed by atoms with E-state index in [1.165, 1.54) is 39.7 Å². The number of hydrogen-bond acceptors (Lipinski definition) is 4. The third-order valence-electron chi connectivity index (χ3n) is 4.77. The summed E-state index contributed by atoms with van der Waals surface area (Å²) in [5.74, 6) is -0.443. The van der Waals surface area contributed by atoms with Crippen molar-refractivity contribution in [2.45, 2.75) is 17.9 Å². The van der Waals surface area contributed by atoms with Crippen molar-refractivity contribution < 1.29 is 12.8 Å². The Morgan fingerprint density at radius 2 is 1.73 bits per heavy atom. The number of sulfonamides is 1. The highest BCUT2D eigenvalue weighted by atomic mass is 32.2. The SMILES string of the molecule is O=S(=O)(c1ccc(F)cc1)N1CCC2=C(C1)NN(Cc1ccccc1)C2. The zero-order valence-electron chi connectivity index (χ0n) is 14.2. The normalized spacial score (nSPS) is 18.7. The number of rotatable bonds is 4. The van der Waals surface area contributed by atoms with Gasteiger partial charge >= 0.3 is 0 Å². The largest absolute Gasteiger partial charge is 0.321 e. The number of nitrogens with one attached hydrogen (secondary N) is 1. The van der Waals surface area contributed by atoms with E-state index < -0.39 is 15.8 Å². The lowest BCUT2D eigenvalue weighted by Crippen LogP contribution is -2.39. The van der Waals surface area contributed by atoms with Crippen LogP contribution in [-0.2, 0) is 16.6 Å². The van der Waals surface area contributed by atoms with Crippen LogP contribution in [0.25, 0.3) is 0 Å². The molecule has 2 aliphatic heterocycles. The minimum Gasteiger partial charge on any atom is -0.321 e. The number of hydrogen-bond donors (Lipinski definition) is 1. The topological polar surface area (TPSA) is 52.7 Å². The van der Waals surface area contributed by atoms with Crippen LogP contribution in [0.1, 0.15) is 12.0 Å². The summed E-state index contributed by atoms with van der Waals surface area (Å²) in [7, 11) is -3.62. The third kappa shape index (κ3) is 3.38. The molecule has 0 saturated heterocycles. The molecule has 0 atom stereocenters. The fraction of sp³-hybridized carbons (Fsp3) is 0.263. The first-order chi connectivity index (χ1) is 12.5. The average Bonchev–Trinajstić information content (AvgIpc) is 3.04. The van der Waals surface area contributed by atoms with Gasteiger partial charge in [-0.05, 0) is 41.8 Å². The van der Waals surface area contributed by atoms with Gasteiger partial charge in [0.15, 0.2) is 0 Å². The summed E-state index contributed by atoms with van der Waals surface area (Å²) in [4.78, 5) is 0.127. The van der Waals surface area contributed by atoms with Crippen molar-refractivity contribution in [2.75, 3.05) is 19.6 Å². The van der Waals surface area contributed by atoms with Gasteiger partial charge in [-0.25, -0.2) is 17.8 Å². The van der Waals surface area contributed by atoms with E-state index in [9.17, 15) is 12.8 Å². The maximum absolute atomic E-state index is 13.1. The van der Waals surface area contributed by atoms with Crippen LogP contribution in [0, 0.1) is 5.82 Å². The van der Waals surface area contributed by atoms with E-state index >= 15 is 0 Å². The van der Waals surface area contributed by atoms with Gasteiger partial charge in [-0.15, -0.1) is 0 Å². The van der Waals surface area contributed by atoms with E-state index in [1.54, 1.807) is 0 Å². The van der Waals surface area contributed by atoms with Gasteiger partial charge in [-0.3, -0.25) is 0 Å². The second kappa shape index (κ2) is 6.83. The summed E-state index contributed by atoms with van der Waals surface area (Å²) in [5.41, 5.74) is 6.77. The number of nitrogens with zero attached hydrogens (tertiary/aromatic N) is 2. The van der Waals surface area contributed by atoms with Crippen LogP contribution in [0.4, 0.5) is 4.39 Å². The molecule has 2 heterocycles. The first-order valence-corrected chi connectivity index (χ1v) is 9.98. The van der Waals surface area contributed by atoms with Crippen molar-refractivity contribution in [2.24, 2.45) is 0 Å². The molecule has 136 valence electrons. The molecule has 26 heavy (non-hydrogen) atoms. The van der Waals surface area contributed by atoms with Gasteiger partial charge < -0.3 is 5.43 Å². The molecule has 0 spiro atoms. The summed E-state index contributed by atoms with van der Waals surface area (Å²) >= 11 is 0. The van der Waals surface area contributed by atoms with Crippen molar-refractivity contribution >= 4 is 10.0 Å². The van der Waals surface area contributed by atoms with Gasteiger partial charge in [0.25, 0.3) is 0 Å². The first-order valence-electron chi connectivity index (χ1n) is 8.54. The predicted molar refractivity (Wildman–Crippen MR) is 96.8 cm³/mol. The molecule has 0 amide bonds. The van der Waals surface area contributed by atoms with E-state index in [-0.39, 0.29) is 4.90 Å². The molecule has 0 fully saturated rings. The molecule has 0 aromatic heterocycles. The lowest BCUT2D eigenvalue weighted by molar-refractivity contribution is 0.245. The van der Waals surface area contributed by atoms with Crippen molar-refractivity contribution in [3.8, 4) is 0 Å². The third-order valence-corrected chi connectivity index (χ3v) is 6.63. The van der Waals surface area contributed by atoms with Crippen LogP contribution in [0.2, 0.25) is 0 Å². The molecule has 7 heteroatoms. The van der Waals surface area contributed by atoms with E-state index in [0.29, 0.717) is 19.5 Å². The number of benzene rings is 2. The van der Waals surface area contributed by atoms with Crippen LogP contribution in [-0.4, -0.2) is 37.4 Å². The summed E-state index contributed by atoms with van der Waals surface area (Å²) in [6, 6.07) is 15.1. The fourth-order valence-corrected chi connectivity index (χ4v) is 4.80. The van der Waals surface area contributed by atoms with Crippen molar-refractivity contribution in [1.82, 2.24) is 14.7 Å². The first kappa shape index (κ1) is 17.2. The Hall–Kier alpha value is -2.22. The van der Waals surface area contributed by atoms with Gasteiger partial charge in [0.1, 0.15) is 5.82 Å². The molecule has 0 aliphatic carbocycles. The highest BCUT2D eigenvalue weighted by molar-refractivity contribution is 7.89. The minimum atomic E-state index is -3.62. The lowest BCUT2D eigenvalue weighted by atomic mass is 10.1. The van der Waals surface area contributed by atoms with Crippen molar-refractivity contribution in [3.63, 3.8) is 0 Å². The van der Waals surface area contributed by atoms with E-state index in [2.05, 4.69) is 22.6 Å². The quantitative estimate of drug-likeness (QED) is 0.895. The summed E-state index contributed by atoms with van der Waals surface area (Å²) < 4.78 is 40.1. The Bertz CT molecular complexity index is 927. The molecular formula is C19H20FN3O2S. The van der Waals surface area contributed by atoms with Crippen LogP contribution in [0.15, 0.2) is 70.8 Å². The van der Waals surface area contributed by atoms with Crippen LogP contribution < -0.4 is 5.43 Å². The Labute approximate surface area is 152 Å². The molecule has 2 aliphatic rings. The van der Waals surface area contributed by atoms with Gasteiger partial charge in [0.05, 0.1) is 11.4 Å². The predicted octanol–water partition coefficient (Wildman–Crippen LogP) is 2.49.